The summed E-state index contributed by atoms with van der Waals surface area (Å²) in [7, 11) is 1.76. The van der Waals surface area contributed by atoms with Gasteiger partial charge in [0.25, 0.3) is 0 Å². The fraction of sp³-hybridized carbons (Fsp3) is 0.462. The molecular formula is C13H17N3O3. The van der Waals surface area contributed by atoms with Crippen molar-refractivity contribution in [3.05, 3.63) is 18.0 Å². The van der Waals surface area contributed by atoms with Crippen molar-refractivity contribution >= 4 is 17.0 Å². The molecule has 2 heterocycles. The van der Waals surface area contributed by atoms with Gasteiger partial charge in [-0.2, -0.15) is 5.10 Å². The van der Waals surface area contributed by atoms with E-state index in [1.54, 1.807) is 17.9 Å². The van der Waals surface area contributed by atoms with Crippen LogP contribution in [0.5, 0.6) is 5.75 Å². The van der Waals surface area contributed by atoms with E-state index in [4.69, 9.17) is 4.74 Å². The summed E-state index contributed by atoms with van der Waals surface area (Å²) in [6, 6.07) is 0. The van der Waals surface area contributed by atoms with E-state index < -0.39 is 5.97 Å². The summed E-state index contributed by atoms with van der Waals surface area (Å²) in [5.41, 5.74) is 0.701. The number of hydrogen-bond donors (Lipinski definition) is 1. The van der Waals surface area contributed by atoms with Crippen molar-refractivity contribution in [2.45, 2.75) is 26.2 Å². The fourth-order valence-electron chi connectivity index (χ4n) is 1.91. The Morgan fingerprint density at radius 1 is 1.42 bits per heavy atom. The number of carboxylic acid groups (broad SMARTS) is 1. The Kier molecular flexibility index (Phi) is 3.99. The van der Waals surface area contributed by atoms with E-state index in [0.717, 1.165) is 19.3 Å². The van der Waals surface area contributed by atoms with Crippen LogP contribution in [0, 0.1) is 0 Å². The average Bonchev–Trinajstić information content (AvgIpc) is 2.76. The van der Waals surface area contributed by atoms with Crippen LogP contribution in [0.4, 0.5) is 0 Å². The first kappa shape index (κ1) is 13.3. The van der Waals surface area contributed by atoms with Crippen molar-refractivity contribution in [1.29, 1.82) is 0 Å². The molecule has 0 aliphatic heterocycles. The third-order valence-corrected chi connectivity index (χ3v) is 2.94. The molecule has 6 heteroatoms. The maximum atomic E-state index is 11.2. The quantitative estimate of drug-likeness (QED) is 0.809. The van der Waals surface area contributed by atoms with Gasteiger partial charge in [-0.1, -0.05) is 19.8 Å². The predicted octanol–water partition coefficient (Wildman–Crippen LogP) is 2.24. The van der Waals surface area contributed by atoms with E-state index >= 15 is 0 Å². The first-order valence-corrected chi connectivity index (χ1v) is 6.32. The van der Waals surface area contributed by atoms with Crippen molar-refractivity contribution < 1.29 is 14.6 Å². The van der Waals surface area contributed by atoms with Crippen molar-refractivity contribution in [3.8, 4) is 5.75 Å². The van der Waals surface area contributed by atoms with Gasteiger partial charge >= 0.3 is 5.97 Å². The summed E-state index contributed by atoms with van der Waals surface area (Å²) in [6.07, 6.45) is 5.96. The first-order valence-electron chi connectivity index (χ1n) is 6.32. The van der Waals surface area contributed by atoms with Crippen molar-refractivity contribution in [3.63, 3.8) is 0 Å². The molecule has 2 aromatic rings. The second-order valence-electron chi connectivity index (χ2n) is 4.37. The summed E-state index contributed by atoms with van der Waals surface area (Å²) in [5.74, 6) is -0.676. The Labute approximate surface area is 111 Å². The molecule has 0 atom stereocenters. The minimum absolute atomic E-state index is 0.0806. The van der Waals surface area contributed by atoms with E-state index in [0.29, 0.717) is 23.4 Å². The Bertz CT molecular complexity index is 592. The highest BCUT2D eigenvalue weighted by atomic mass is 16.5. The number of fused-ring (bicyclic) bond motifs is 1. The number of carbonyl (C=O) groups is 1. The molecule has 0 unspecified atom stereocenters. The molecule has 0 amide bonds. The third kappa shape index (κ3) is 2.67. The molecule has 1 N–H and O–H groups in total. The molecule has 0 aliphatic rings. The molecule has 6 nitrogen and oxygen atoms in total. The molecule has 19 heavy (non-hydrogen) atoms. The Hall–Kier alpha value is -2.11. The molecule has 2 aromatic heterocycles. The molecule has 0 radical (unpaired) electrons. The molecule has 0 bridgehead atoms. The van der Waals surface area contributed by atoms with Gasteiger partial charge in [0.1, 0.15) is 11.3 Å². The zero-order chi connectivity index (χ0) is 13.8. The van der Waals surface area contributed by atoms with E-state index in [9.17, 15) is 9.90 Å². The SMILES string of the molecule is CCCCCOc1c(C(=O)O)cnc2c1cnn2C. The Morgan fingerprint density at radius 2 is 2.21 bits per heavy atom. The topological polar surface area (TPSA) is 77.2 Å². The molecule has 0 saturated heterocycles. The summed E-state index contributed by atoms with van der Waals surface area (Å²) in [4.78, 5) is 15.3. The molecule has 0 aromatic carbocycles. The number of aromatic nitrogens is 3. The van der Waals surface area contributed by atoms with Crippen LogP contribution in [-0.2, 0) is 7.05 Å². The normalized spacial score (nSPS) is 10.8. The maximum Gasteiger partial charge on any atom is 0.341 e. The van der Waals surface area contributed by atoms with Crippen molar-refractivity contribution in [2.75, 3.05) is 6.61 Å². The number of ether oxygens (including phenoxy) is 1. The second kappa shape index (κ2) is 5.69. The van der Waals surface area contributed by atoms with Gasteiger partial charge in [0.2, 0.25) is 0 Å². The van der Waals surface area contributed by atoms with Crippen LogP contribution in [-0.4, -0.2) is 32.4 Å². The lowest BCUT2D eigenvalue weighted by molar-refractivity contribution is 0.0692. The molecule has 2 rings (SSSR count). The van der Waals surface area contributed by atoms with Crippen LogP contribution in [0.25, 0.3) is 11.0 Å². The molecule has 0 spiro atoms. The number of pyridine rings is 1. The van der Waals surface area contributed by atoms with E-state index in [-0.39, 0.29) is 5.56 Å². The summed E-state index contributed by atoms with van der Waals surface area (Å²) >= 11 is 0. The lowest BCUT2D eigenvalue weighted by Gasteiger charge is -2.09. The Balaban J connectivity index is 2.35. The lowest BCUT2D eigenvalue weighted by atomic mass is 10.2. The van der Waals surface area contributed by atoms with Crippen LogP contribution in [0.2, 0.25) is 0 Å². The first-order chi connectivity index (χ1) is 9.15. The van der Waals surface area contributed by atoms with Crippen LogP contribution in [0.15, 0.2) is 12.4 Å². The number of aromatic carboxylic acids is 1. The van der Waals surface area contributed by atoms with Gasteiger partial charge in [-0.05, 0) is 6.42 Å². The zero-order valence-corrected chi connectivity index (χ0v) is 11.1. The van der Waals surface area contributed by atoms with Crippen LogP contribution in [0.1, 0.15) is 36.5 Å². The van der Waals surface area contributed by atoms with Gasteiger partial charge in [0.15, 0.2) is 5.65 Å². The van der Waals surface area contributed by atoms with Crippen LogP contribution >= 0.6 is 0 Å². The maximum absolute atomic E-state index is 11.2. The molecule has 0 fully saturated rings. The van der Waals surface area contributed by atoms with Crippen LogP contribution in [0.3, 0.4) is 0 Å². The van der Waals surface area contributed by atoms with Gasteiger partial charge in [-0.25, -0.2) is 9.78 Å². The highest BCUT2D eigenvalue weighted by Gasteiger charge is 2.18. The minimum Gasteiger partial charge on any atom is -0.492 e. The third-order valence-electron chi connectivity index (χ3n) is 2.94. The highest BCUT2D eigenvalue weighted by Crippen LogP contribution is 2.28. The number of aryl methyl sites for hydroxylation is 1. The number of hydrogen-bond acceptors (Lipinski definition) is 4. The Morgan fingerprint density at radius 3 is 2.89 bits per heavy atom. The molecule has 102 valence electrons. The van der Waals surface area contributed by atoms with Gasteiger partial charge in [0, 0.05) is 13.2 Å². The second-order valence-corrected chi connectivity index (χ2v) is 4.37. The van der Waals surface area contributed by atoms with Crippen LogP contribution < -0.4 is 4.74 Å². The van der Waals surface area contributed by atoms with E-state index in [1.807, 2.05) is 0 Å². The van der Waals surface area contributed by atoms with E-state index in [1.165, 1.54) is 6.20 Å². The monoisotopic (exact) mass is 263 g/mol. The highest BCUT2D eigenvalue weighted by molar-refractivity contribution is 5.97. The van der Waals surface area contributed by atoms with Gasteiger partial charge < -0.3 is 9.84 Å². The lowest BCUT2D eigenvalue weighted by Crippen LogP contribution is -2.06. The van der Waals surface area contributed by atoms with Gasteiger partial charge in [0.05, 0.1) is 18.2 Å². The molecular weight excluding hydrogens is 246 g/mol. The number of rotatable bonds is 6. The fourth-order valence-corrected chi connectivity index (χ4v) is 1.91. The molecule has 0 aliphatic carbocycles. The van der Waals surface area contributed by atoms with Gasteiger partial charge in [-0.15, -0.1) is 0 Å². The standard InChI is InChI=1S/C13H17N3O3/c1-3-4-5-6-19-11-9-8-15-16(2)12(9)14-7-10(11)13(17)18/h7-8H,3-6H2,1-2H3,(H,17,18). The summed E-state index contributed by atoms with van der Waals surface area (Å²) in [6.45, 7) is 2.61. The number of unbranched alkanes of at least 4 members (excludes halogenated alkanes) is 2. The largest absolute Gasteiger partial charge is 0.492 e. The van der Waals surface area contributed by atoms with Gasteiger partial charge in [-0.3, -0.25) is 4.68 Å². The van der Waals surface area contributed by atoms with Crippen molar-refractivity contribution in [2.24, 2.45) is 7.05 Å². The predicted molar refractivity (Wildman–Crippen MR) is 70.5 cm³/mol. The number of nitrogens with zero attached hydrogens (tertiary/aromatic N) is 3. The summed E-state index contributed by atoms with van der Waals surface area (Å²) in [5, 5.41) is 13.9. The zero-order valence-electron chi connectivity index (χ0n) is 11.1. The number of carboxylic acids is 1. The molecule has 0 saturated carbocycles. The minimum atomic E-state index is -1.04. The smallest absolute Gasteiger partial charge is 0.341 e. The average molecular weight is 263 g/mol. The van der Waals surface area contributed by atoms with Crippen molar-refractivity contribution in [1.82, 2.24) is 14.8 Å². The summed E-state index contributed by atoms with van der Waals surface area (Å²) < 4.78 is 7.25. The van der Waals surface area contributed by atoms with E-state index in [2.05, 4.69) is 17.0 Å².